The molecule has 1 aliphatic rings. The third-order valence-corrected chi connectivity index (χ3v) is 4.93. The molecule has 0 radical (unpaired) electrons. The normalized spacial score (nSPS) is 17.2. The van der Waals surface area contributed by atoms with Gasteiger partial charge >= 0.3 is 5.97 Å². The monoisotopic (exact) mass is 399 g/mol. The van der Waals surface area contributed by atoms with Gasteiger partial charge in [0.15, 0.2) is 10.3 Å². The van der Waals surface area contributed by atoms with Gasteiger partial charge in [0.2, 0.25) is 0 Å². The van der Waals surface area contributed by atoms with E-state index in [0.717, 1.165) is 0 Å². The van der Waals surface area contributed by atoms with Gasteiger partial charge in [0, 0.05) is 21.7 Å². The number of halogens is 3. The Balaban J connectivity index is 2.14. The van der Waals surface area contributed by atoms with E-state index in [0.29, 0.717) is 32.8 Å². The van der Waals surface area contributed by atoms with Crippen LogP contribution in [0.25, 0.3) is 0 Å². The third kappa shape index (κ3) is 3.53. The summed E-state index contributed by atoms with van der Waals surface area (Å²) >= 11 is 13.3. The lowest BCUT2D eigenvalue weighted by molar-refractivity contribution is -0.136. The van der Waals surface area contributed by atoms with E-state index in [1.807, 2.05) is 0 Å². The zero-order chi connectivity index (χ0) is 18.1. The fraction of sp³-hybridized carbons (Fsp3) is 0.188. The number of carbonyl (C=O) groups excluding carboxylic acids is 1. The number of ether oxygens (including phenoxy) is 1. The van der Waals surface area contributed by atoms with Gasteiger partial charge in [0.25, 0.3) is 0 Å². The van der Waals surface area contributed by atoms with Crippen LogP contribution in [0.2, 0.25) is 9.49 Å². The van der Waals surface area contributed by atoms with Crippen molar-refractivity contribution in [1.82, 2.24) is 10.3 Å². The van der Waals surface area contributed by atoms with Crippen LogP contribution >= 0.6 is 34.5 Å². The van der Waals surface area contributed by atoms with Gasteiger partial charge < -0.3 is 10.1 Å². The molecule has 2 aromatic rings. The molecule has 0 saturated heterocycles. The quantitative estimate of drug-likeness (QED) is 0.788. The number of carbonyl (C=O) groups is 1. The fourth-order valence-electron chi connectivity index (χ4n) is 2.49. The molecule has 1 aromatic heterocycles. The van der Waals surface area contributed by atoms with E-state index in [1.54, 1.807) is 12.3 Å². The molecule has 130 valence electrons. The Kier molecular flexibility index (Phi) is 5.08. The lowest BCUT2D eigenvalue weighted by Crippen LogP contribution is -2.32. The lowest BCUT2D eigenvalue weighted by atomic mass is 9.95. The van der Waals surface area contributed by atoms with Crippen LogP contribution in [0.1, 0.15) is 24.2 Å². The minimum atomic E-state index is -0.753. The summed E-state index contributed by atoms with van der Waals surface area (Å²) in [6.45, 7) is 1.72. The molecule has 3 rings (SSSR count). The second-order valence-corrected chi connectivity index (χ2v) is 7.03. The summed E-state index contributed by atoms with van der Waals surface area (Å²) in [4.78, 5) is 21.0. The first-order valence-corrected chi connectivity index (χ1v) is 8.74. The average molecular weight is 400 g/mol. The maximum Gasteiger partial charge on any atom is 0.338 e. The molecule has 1 atom stereocenters. The summed E-state index contributed by atoms with van der Waals surface area (Å²) in [6, 6.07) is 3.19. The lowest BCUT2D eigenvalue weighted by Gasteiger charge is -2.25. The van der Waals surface area contributed by atoms with Crippen LogP contribution in [0.4, 0.5) is 4.39 Å². The second-order valence-electron chi connectivity index (χ2n) is 5.19. The van der Waals surface area contributed by atoms with E-state index in [2.05, 4.69) is 15.3 Å². The van der Waals surface area contributed by atoms with Crippen molar-refractivity contribution in [2.75, 3.05) is 7.11 Å². The van der Waals surface area contributed by atoms with Gasteiger partial charge in [0.05, 0.1) is 12.7 Å². The van der Waals surface area contributed by atoms with E-state index in [1.165, 1.54) is 36.6 Å². The average Bonchev–Trinajstić information content (AvgIpc) is 3.00. The summed E-state index contributed by atoms with van der Waals surface area (Å²) in [7, 11) is 1.28. The zero-order valence-electron chi connectivity index (χ0n) is 13.1. The summed E-state index contributed by atoms with van der Waals surface area (Å²) in [5.74, 6) is -0.577. The maximum atomic E-state index is 13.4. The van der Waals surface area contributed by atoms with E-state index in [9.17, 15) is 9.18 Å². The Hall–Kier alpha value is -1.96. The molecule has 2 heterocycles. The number of aliphatic imine (C=N–C) groups is 1. The van der Waals surface area contributed by atoms with Crippen LogP contribution < -0.4 is 5.32 Å². The smallest absolute Gasteiger partial charge is 0.338 e. The van der Waals surface area contributed by atoms with Crippen molar-refractivity contribution in [2.45, 2.75) is 13.0 Å². The first-order valence-electron chi connectivity index (χ1n) is 7.11. The predicted octanol–water partition coefficient (Wildman–Crippen LogP) is 4.13. The molecule has 1 N–H and O–H groups in total. The van der Waals surface area contributed by atoms with Gasteiger partial charge in [-0.15, -0.1) is 11.3 Å². The van der Waals surface area contributed by atoms with Crippen LogP contribution in [-0.2, 0) is 9.53 Å². The third-order valence-electron chi connectivity index (χ3n) is 3.62. The maximum absolute atomic E-state index is 13.4. The van der Waals surface area contributed by atoms with Crippen LogP contribution in [0, 0.1) is 5.82 Å². The first-order chi connectivity index (χ1) is 11.9. The van der Waals surface area contributed by atoms with Gasteiger partial charge in [0.1, 0.15) is 17.6 Å². The highest BCUT2D eigenvalue weighted by atomic mass is 35.5. The number of hydrogen-bond acceptors (Lipinski definition) is 6. The van der Waals surface area contributed by atoms with Crippen LogP contribution in [-0.4, -0.2) is 23.9 Å². The van der Waals surface area contributed by atoms with Crippen molar-refractivity contribution in [3.8, 4) is 0 Å². The summed E-state index contributed by atoms with van der Waals surface area (Å²) in [5.41, 5.74) is 1.87. The highest BCUT2D eigenvalue weighted by Crippen LogP contribution is 2.36. The number of hydrogen-bond donors (Lipinski definition) is 1. The predicted molar refractivity (Wildman–Crippen MR) is 95.7 cm³/mol. The molecule has 0 saturated carbocycles. The largest absolute Gasteiger partial charge is 0.466 e. The van der Waals surface area contributed by atoms with Gasteiger partial charge in [-0.05, 0) is 19.1 Å². The van der Waals surface area contributed by atoms with E-state index in [-0.39, 0.29) is 5.02 Å². The number of esters is 1. The summed E-state index contributed by atoms with van der Waals surface area (Å²) in [6.07, 6.45) is 0. The SMILES string of the molecule is COC(=O)C1=C(C)NC(c2csc(Cl)n2)=NC1c1ccc(F)cc1Cl. The van der Waals surface area contributed by atoms with Crippen LogP contribution in [0.3, 0.4) is 0 Å². The molecule has 0 fully saturated rings. The Morgan fingerprint density at radius 2 is 2.16 bits per heavy atom. The molecule has 0 bridgehead atoms. The number of methoxy groups -OCH3 is 1. The van der Waals surface area contributed by atoms with Crippen LogP contribution in [0.15, 0.2) is 39.8 Å². The molecular weight excluding hydrogens is 388 g/mol. The van der Waals surface area contributed by atoms with Gasteiger partial charge in [-0.2, -0.15) is 0 Å². The molecule has 5 nitrogen and oxygen atoms in total. The van der Waals surface area contributed by atoms with Crippen molar-refractivity contribution in [1.29, 1.82) is 0 Å². The van der Waals surface area contributed by atoms with Crippen molar-refractivity contribution in [2.24, 2.45) is 4.99 Å². The number of aromatic nitrogens is 1. The van der Waals surface area contributed by atoms with E-state index < -0.39 is 17.8 Å². The molecule has 9 heteroatoms. The second kappa shape index (κ2) is 7.11. The number of rotatable bonds is 3. The molecule has 1 unspecified atom stereocenters. The van der Waals surface area contributed by atoms with Crippen molar-refractivity contribution in [3.63, 3.8) is 0 Å². The van der Waals surface area contributed by atoms with Crippen molar-refractivity contribution < 1.29 is 13.9 Å². The van der Waals surface area contributed by atoms with Gasteiger partial charge in [-0.25, -0.2) is 14.2 Å². The highest BCUT2D eigenvalue weighted by molar-refractivity contribution is 7.14. The number of allylic oxidation sites excluding steroid dienone is 1. The first kappa shape index (κ1) is 17.8. The van der Waals surface area contributed by atoms with Crippen molar-refractivity contribution in [3.05, 3.63) is 61.4 Å². The number of benzene rings is 1. The van der Waals surface area contributed by atoms with Gasteiger partial charge in [-0.3, -0.25) is 4.99 Å². The van der Waals surface area contributed by atoms with Gasteiger partial charge in [-0.1, -0.05) is 29.3 Å². The molecular formula is C16H12Cl2FN3O2S. The Morgan fingerprint density at radius 1 is 1.40 bits per heavy atom. The van der Waals surface area contributed by atoms with E-state index >= 15 is 0 Å². The Labute approximate surface area is 157 Å². The minimum absolute atomic E-state index is 0.167. The Bertz CT molecular complexity index is 911. The molecule has 1 aromatic carbocycles. The zero-order valence-corrected chi connectivity index (χ0v) is 15.5. The highest BCUT2D eigenvalue weighted by Gasteiger charge is 2.32. The molecule has 0 amide bonds. The summed E-state index contributed by atoms with van der Waals surface area (Å²) < 4.78 is 18.6. The number of amidine groups is 1. The molecule has 25 heavy (non-hydrogen) atoms. The molecule has 0 aliphatic carbocycles. The molecule has 1 aliphatic heterocycles. The Morgan fingerprint density at radius 3 is 2.76 bits per heavy atom. The minimum Gasteiger partial charge on any atom is -0.466 e. The number of nitrogens with zero attached hydrogens (tertiary/aromatic N) is 2. The fourth-order valence-corrected chi connectivity index (χ4v) is 3.51. The number of nitrogens with one attached hydrogen (secondary N) is 1. The standard InChI is InChI=1S/C16H12Cl2FN3O2S/c1-7-12(15(23)24-2)13(9-4-3-8(19)5-10(9)17)22-14(20-7)11-6-25-16(18)21-11/h3-6,13H,1-2H3,(H,20,22). The van der Waals surface area contributed by atoms with E-state index in [4.69, 9.17) is 27.9 Å². The summed E-state index contributed by atoms with van der Waals surface area (Å²) in [5, 5.41) is 4.95. The topological polar surface area (TPSA) is 63.6 Å². The number of thiazole rings is 1. The van der Waals surface area contributed by atoms with Crippen molar-refractivity contribution >= 4 is 46.3 Å². The van der Waals surface area contributed by atoms with Crippen LogP contribution in [0.5, 0.6) is 0 Å². The molecule has 0 spiro atoms.